The maximum absolute atomic E-state index is 11.7. The zero-order valence-electron chi connectivity index (χ0n) is 11.2. The lowest BCUT2D eigenvalue weighted by molar-refractivity contribution is -0.120. The van der Waals surface area contributed by atoms with Crippen molar-refractivity contribution in [2.24, 2.45) is 5.10 Å². The van der Waals surface area contributed by atoms with Gasteiger partial charge >= 0.3 is 0 Å². The summed E-state index contributed by atoms with van der Waals surface area (Å²) in [7, 11) is 0. The first-order valence-electron chi connectivity index (χ1n) is 6.35. The van der Waals surface area contributed by atoms with Crippen molar-refractivity contribution in [3.05, 3.63) is 52.2 Å². The zero-order valence-corrected chi connectivity index (χ0v) is 12.0. The molecule has 0 aliphatic heterocycles. The van der Waals surface area contributed by atoms with E-state index >= 15 is 0 Å². The third kappa shape index (κ3) is 4.20. The average Bonchev–Trinajstić information content (AvgIpc) is 2.94. The summed E-state index contributed by atoms with van der Waals surface area (Å²) in [4.78, 5) is 12.7. The summed E-state index contributed by atoms with van der Waals surface area (Å²) in [5.41, 5.74) is 3.36. The monoisotopic (exact) mass is 288 g/mol. The highest BCUT2D eigenvalue weighted by atomic mass is 32.1. The number of amides is 1. The molecule has 1 amide bonds. The molecule has 0 aliphatic rings. The molecular formula is C15H16N2O2S. The van der Waals surface area contributed by atoms with Gasteiger partial charge in [0.2, 0.25) is 5.91 Å². The topological polar surface area (TPSA) is 50.7 Å². The molecule has 0 fully saturated rings. The Bertz CT molecular complexity index is 579. The van der Waals surface area contributed by atoms with Crippen molar-refractivity contribution in [2.75, 3.05) is 6.61 Å². The molecule has 104 valence electrons. The van der Waals surface area contributed by atoms with Crippen molar-refractivity contribution in [3.63, 3.8) is 0 Å². The summed E-state index contributed by atoms with van der Waals surface area (Å²) in [5, 5.41) is 5.91. The summed E-state index contributed by atoms with van der Waals surface area (Å²) >= 11 is 1.56. The minimum Gasteiger partial charge on any atom is -0.493 e. The second kappa shape index (κ2) is 7.45. The standard InChI is InChI=1S/C15H16N2O2S/c1-2-19-14-8-4-3-6-12(14)11-16-17-15(18)10-13-7-5-9-20-13/h3-9,11H,2,10H2,1H3,(H,17,18)/b16-11-. The fourth-order valence-electron chi connectivity index (χ4n) is 1.66. The van der Waals surface area contributed by atoms with Crippen molar-refractivity contribution in [2.45, 2.75) is 13.3 Å². The molecule has 0 radical (unpaired) electrons. The number of para-hydroxylation sites is 1. The van der Waals surface area contributed by atoms with Gasteiger partial charge in [0.25, 0.3) is 0 Å². The van der Waals surface area contributed by atoms with Crippen molar-refractivity contribution in [1.29, 1.82) is 0 Å². The van der Waals surface area contributed by atoms with E-state index in [9.17, 15) is 4.79 Å². The normalized spacial score (nSPS) is 10.7. The summed E-state index contributed by atoms with van der Waals surface area (Å²) in [6, 6.07) is 11.4. The Morgan fingerprint density at radius 2 is 2.20 bits per heavy atom. The highest BCUT2D eigenvalue weighted by Gasteiger charge is 2.03. The van der Waals surface area contributed by atoms with Crippen LogP contribution in [-0.4, -0.2) is 18.7 Å². The highest BCUT2D eigenvalue weighted by Crippen LogP contribution is 2.15. The molecule has 4 nitrogen and oxygen atoms in total. The van der Waals surface area contributed by atoms with Gasteiger partial charge in [-0.05, 0) is 30.5 Å². The molecule has 1 N–H and O–H groups in total. The first-order chi connectivity index (χ1) is 9.79. The molecule has 2 rings (SSSR count). The third-order valence-electron chi connectivity index (χ3n) is 2.53. The lowest BCUT2D eigenvalue weighted by Crippen LogP contribution is -2.19. The smallest absolute Gasteiger partial charge is 0.245 e. The first-order valence-corrected chi connectivity index (χ1v) is 7.23. The van der Waals surface area contributed by atoms with Crippen LogP contribution >= 0.6 is 11.3 Å². The third-order valence-corrected chi connectivity index (χ3v) is 3.40. The maximum Gasteiger partial charge on any atom is 0.245 e. The van der Waals surface area contributed by atoms with Crippen LogP contribution in [0, 0.1) is 0 Å². The van der Waals surface area contributed by atoms with Crippen LogP contribution in [0.3, 0.4) is 0 Å². The molecule has 1 aromatic carbocycles. The van der Waals surface area contributed by atoms with Crippen LogP contribution in [-0.2, 0) is 11.2 Å². The predicted octanol–water partition coefficient (Wildman–Crippen LogP) is 2.84. The predicted molar refractivity (Wildman–Crippen MR) is 81.4 cm³/mol. The fraction of sp³-hybridized carbons (Fsp3) is 0.200. The number of rotatable bonds is 6. The molecule has 1 aromatic heterocycles. The van der Waals surface area contributed by atoms with Crippen LogP contribution in [0.15, 0.2) is 46.9 Å². The lowest BCUT2D eigenvalue weighted by Gasteiger charge is -2.05. The van der Waals surface area contributed by atoms with Gasteiger partial charge in [0.1, 0.15) is 5.75 Å². The number of benzene rings is 1. The van der Waals surface area contributed by atoms with E-state index in [-0.39, 0.29) is 5.91 Å². The van der Waals surface area contributed by atoms with E-state index in [1.54, 1.807) is 17.6 Å². The first kappa shape index (κ1) is 14.3. The molecule has 0 saturated carbocycles. The summed E-state index contributed by atoms with van der Waals surface area (Å²) in [6.45, 7) is 2.52. The molecule has 0 saturated heterocycles. The van der Waals surface area contributed by atoms with Crippen LogP contribution in [0.5, 0.6) is 5.75 Å². The van der Waals surface area contributed by atoms with E-state index in [1.165, 1.54) is 0 Å². The van der Waals surface area contributed by atoms with Crippen LogP contribution in [0.25, 0.3) is 0 Å². The molecule has 0 unspecified atom stereocenters. The zero-order chi connectivity index (χ0) is 14.2. The van der Waals surface area contributed by atoms with Crippen molar-refractivity contribution >= 4 is 23.5 Å². The number of thiophene rings is 1. The van der Waals surface area contributed by atoms with E-state index in [0.717, 1.165) is 16.2 Å². The van der Waals surface area contributed by atoms with Crippen LogP contribution in [0.1, 0.15) is 17.4 Å². The molecule has 2 aromatic rings. The van der Waals surface area contributed by atoms with Gasteiger partial charge < -0.3 is 4.74 Å². The number of hydrazone groups is 1. The van der Waals surface area contributed by atoms with Crippen molar-refractivity contribution in [3.8, 4) is 5.75 Å². The average molecular weight is 288 g/mol. The number of hydrogen-bond donors (Lipinski definition) is 1. The molecule has 1 heterocycles. The SMILES string of the molecule is CCOc1ccccc1/C=N\NC(=O)Cc1cccs1. The van der Waals surface area contributed by atoms with Gasteiger partial charge in [0.15, 0.2) is 0 Å². The number of nitrogens with zero attached hydrogens (tertiary/aromatic N) is 1. The minimum absolute atomic E-state index is 0.127. The Balaban J connectivity index is 1.91. The fourth-order valence-corrected chi connectivity index (χ4v) is 2.36. The minimum atomic E-state index is -0.127. The van der Waals surface area contributed by atoms with Gasteiger partial charge in [-0.25, -0.2) is 5.43 Å². The molecule has 0 atom stereocenters. The number of ether oxygens (including phenoxy) is 1. The van der Waals surface area contributed by atoms with E-state index in [0.29, 0.717) is 13.0 Å². The molecular weight excluding hydrogens is 272 g/mol. The molecule has 0 spiro atoms. The van der Waals surface area contributed by atoms with E-state index in [4.69, 9.17) is 4.74 Å². The van der Waals surface area contributed by atoms with Crippen LogP contribution in [0.2, 0.25) is 0 Å². The van der Waals surface area contributed by atoms with E-state index in [2.05, 4.69) is 10.5 Å². The summed E-state index contributed by atoms with van der Waals surface area (Å²) < 4.78 is 5.48. The Morgan fingerprint density at radius 3 is 2.95 bits per heavy atom. The summed E-state index contributed by atoms with van der Waals surface area (Å²) in [6.07, 6.45) is 1.94. The molecule has 20 heavy (non-hydrogen) atoms. The van der Waals surface area contributed by atoms with Crippen LogP contribution in [0.4, 0.5) is 0 Å². The van der Waals surface area contributed by atoms with Crippen molar-refractivity contribution < 1.29 is 9.53 Å². The Morgan fingerprint density at radius 1 is 1.35 bits per heavy atom. The second-order valence-corrected chi connectivity index (χ2v) is 5.05. The Hall–Kier alpha value is -2.14. The second-order valence-electron chi connectivity index (χ2n) is 4.02. The van der Waals surface area contributed by atoms with Gasteiger partial charge in [0, 0.05) is 10.4 Å². The maximum atomic E-state index is 11.7. The number of hydrogen-bond acceptors (Lipinski definition) is 4. The van der Waals surface area contributed by atoms with Gasteiger partial charge in [-0.1, -0.05) is 18.2 Å². The summed E-state index contributed by atoms with van der Waals surface area (Å²) in [5.74, 6) is 0.629. The number of nitrogens with one attached hydrogen (secondary N) is 1. The Kier molecular flexibility index (Phi) is 5.32. The van der Waals surface area contributed by atoms with Crippen molar-refractivity contribution in [1.82, 2.24) is 5.43 Å². The van der Waals surface area contributed by atoms with Gasteiger partial charge in [0.05, 0.1) is 19.2 Å². The number of carbonyl (C=O) groups is 1. The number of carbonyl (C=O) groups excluding carboxylic acids is 1. The largest absolute Gasteiger partial charge is 0.493 e. The Labute approximate surface area is 122 Å². The van der Waals surface area contributed by atoms with Gasteiger partial charge in [-0.3, -0.25) is 4.79 Å². The molecule has 0 aliphatic carbocycles. The molecule has 0 bridgehead atoms. The van der Waals surface area contributed by atoms with E-state index in [1.807, 2.05) is 48.7 Å². The van der Waals surface area contributed by atoms with Crippen LogP contribution < -0.4 is 10.2 Å². The van der Waals surface area contributed by atoms with Gasteiger partial charge in [-0.15, -0.1) is 11.3 Å². The lowest BCUT2D eigenvalue weighted by atomic mass is 10.2. The van der Waals surface area contributed by atoms with Gasteiger partial charge in [-0.2, -0.15) is 5.10 Å². The van der Waals surface area contributed by atoms with E-state index < -0.39 is 0 Å². The highest BCUT2D eigenvalue weighted by molar-refractivity contribution is 7.10. The molecule has 5 heteroatoms. The quantitative estimate of drug-likeness (QED) is 0.656.